The number of carbonyl (C=O) groups excluding carboxylic acids is 2. The molecule has 1 heterocycles. The molecule has 0 spiro atoms. The van der Waals surface area contributed by atoms with Crippen LogP contribution in [0.4, 0.5) is 4.79 Å². The summed E-state index contributed by atoms with van der Waals surface area (Å²) >= 11 is 0. The average molecular weight is 320 g/mol. The largest absolute Gasteiger partial charge is 0.351 e. The number of hydrogen-bond acceptors (Lipinski definition) is 5. The first-order valence-corrected chi connectivity index (χ1v) is 8.55. The van der Waals surface area contributed by atoms with Gasteiger partial charge in [-0.15, -0.1) is 0 Å². The number of carbonyl (C=O) groups is 2. The van der Waals surface area contributed by atoms with Crippen LogP contribution in [-0.2, 0) is 14.8 Å². The first-order valence-electron chi connectivity index (χ1n) is 7.01. The molecule has 8 nitrogen and oxygen atoms in total. The maximum absolute atomic E-state index is 11.7. The summed E-state index contributed by atoms with van der Waals surface area (Å²) in [4.78, 5) is 24.0. The lowest BCUT2D eigenvalue weighted by atomic mass is 9.98. The molecule has 1 aliphatic rings. The number of urea groups is 1. The zero-order valence-electron chi connectivity index (χ0n) is 12.5. The average Bonchev–Trinajstić information content (AvgIpc) is 2.35. The summed E-state index contributed by atoms with van der Waals surface area (Å²) < 4.78 is 26.0. The van der Waals surface area contributed by atoms with Gasteiger partial charge in [-0.2, -0.15) is 0 Å². The number of rotatable bonds is 6. The van der Waals surface area contributed by atoms with Crippen molar-refractivity contribution in [1.29, 1.82) is 0 Å². The van der Waals surface area contributed by atoms with E-state index in [1.165, 1.54) is 0 Å². The van der Waals surface area contributed by atoms with Crippen molar-refractivity contribution in [3.63, 3.8) is 0 Å². The van der Waals surface area contributed by atoms with E-state index in [0.29, 0.717) is 13.1 Å². The Bertz CT molecular complexity index is 478. The number of nitrogens with zero attached hydrogens (tertiary/aromatic N) is 1. The van der Waals surface area contributed by atoms with E-state index in [2.05, 4.69) is 4.72 Å². The summed E-state index contributed by atoms with van der Waals surface area (Å²) in [7, 11) is -3.26. The topological polar surface area (TPSA) is 122 Å². The summed E-state index contributed by atoms with van der Waals surface area (Å²) in [6.07, 6.45) is 1.80. The predicted molar refractivity (Wildman–Crippen MR) is 78.9 cm³/mol. The molecule has 0 aromatic carbocycles. The van der Waals surface area contributed by atoms with Gasteiger partial charge in [0.05, 0.1) is 11.8 Å². The standard InChI is InChI=1S/C12H24N4O4S/c1-9(2)21(19,20)14-6-10-4-3-5-16(7-10)8-11(17)15-12(13)18/h9-10,14H,3-8H2,1-2H3,(H3,13,15,17,18)/t10-/m0/s1. The van der Waals surface area contributed by atoms with Crippen LogP contribution in [0.1, 0.15) is 26.7 Å². The minimum absolute atomic E-state index is 0.0936. The monoisotopic (exact) mass is 320 g/mol. The minimum atomic E-state index is -3.26. The van der Waals surface area contributed by atoms with E-state index in [-0.39, 0.29) is 12.5 Å². The summed E-state index contributed by atoms with van der Waals surface area (Å²) in [5.74, 6) is -0.278. The van der Waals surface area contributed by atoms with E-state index in [1.807, 2.05) is 10.2 Å². The third-order valence-electron chi connectivity index (χ3n) is 3.43. The molecular weight excluding hydrogens is 296 g/mol. The maximum atomic E-state index is 11.7. The fourth-order valence-corrected chi connectivity index (χ4v) is 3.04. The van der Waals surface area contributed by atoms with Gasteiger partial charge in [0.1, 0.15) is 0 Å². The molecule has 0 saturated carbocycles. The Hall–Kier alpha value is -1.19. The van der Waals surface area contributed by atoms with Gasteiger partial charge in [-0.1, -0.05) is 0 Å². The molecule has 1 atom stereocenters. The van der Waals surface area contributed by atoms with Gasteiger partial charge in [0.2, 0.25) is 15.9 Å². The van der Waals surface area contributed by atoms with Crippen LogP contribution in [0.3, 0.4) is 0 Å². The van der Waals surface area contributed by atoms with Crippen LogP contribution in [0.2, 0.25) is 0 Å². The number of sulfonamides is 1. The van der Waals surface area contributed by atoms with Gasteiger partial charge < -0.3 is 5.73 Å². The highest BCUT2D eigenvalue weighted by Crippen LogP contribution is 2.16. The van der Waals surface area contributed by atoms with Gasteiger partial charge in [0, 0.05) is 13.1 Å². The second kappa shape index (κ2) is 7.71. The van der Waals surface area contributed by atoms with Crippen LogP contribution in [0.25, 0.3) is 0 Å². The molecule has 3 amide bonds. The molecule has 1 aliphatic heterocycles. The lowest BCUT2D eigenvalue weighted by Crippen LogP contribution is -2.47. The number of amides is 3. The van der Waals surface area contributed by atoms with E-state index in [0.717, 1.165) is 19.4 Å². The van der Waals surface area contributed by atoms with Crippen LogP contribution in [-0.4, -0.2) is 56.7 Å². The molecule has 1 fully saturated rings. The first-order chi connectivity index (χ1) is 9.70. The van der Waals surface area contributed by atoms with Crippen LogP contribution < -0.4 is 15.8 Å². The van der Waals surface area contributed by atoms with Gasteiger partial charge >= 0.3 is 6.03 Å². The normalized spacial score (nSPS) is 20.4. The molecule has 9 heteroatoms. The Morgan fingerprint density at radius 1 is 1.38 bits per heavy atom. The summed E-state index contributed by atoms with van der Waals surface area (Å²) in [6, 6.07) is -0.863. The number of primary amides is 1. The molecular formula is C12H24N4O4S. The quantitative estimate of drug-likeness (QED) is 0.593. The van der Waals surface area contributed by atoms with Gasteiger partial charge in [0.25, 0.3) is 0 Å². The highest BCUT2D eigenvalue weighted by Gasteiger charge is 2.24. The third kappa shape index (κ3) is 6.40. The van der Waals surface area contributed by atoms with Gasteiger partial charge in [-0.05, 0) is 39.2 Å². The number of imide groups is 1. The number of piperidine rings is 1. The van der Waals surface area contributed by atoms with Crippen molar-refractivity contribution in [2.75, 3.05) is 26.2 Å². The smallest absolute Gasteiger partial charge is 0.318 e. The first kappa shape index (κ1) is 17.9. The van der Waals surface area contributed by atoms with Crippen molar-refractivity contribution in [3.8, 4) is 0 Å². The highest BCUT2D eigenvalue weighted by molar-refractivity contribution is 7.90. The van der Waals surface area contributed by atoms with Crippen molar-refractivity contribution in [3.05, 3.63) is 0 Å². The van der Waals surface area contributed by atoms with Gasteiger partial charge in [0.15, 0.2) is 0 Å². The molecule has 0 aromatic rings. The van der Waals surface area contributed by atoms with Crippen molar-refractivity contribution in [1.82, 2.24) is 14.9 Å². The molecule has 0 bridgehead atoms. The van der Waals surface area contributed by atoms with E-state index in [4.69, 9.17) is 5.73 Å². The summed E-state index contributed by atoms with van der Waals surface area (Å²) in [5.41, 5.74) is 4.88. The SMILES string of the molecule is CC(C)S(=O)(=O)NC[C@@H]1CCCN(CC(=O)NC(N)=O)C1. The van der Waals surface area contributed by atoms with Crippen molar-refractivity contribution < 1.29 is 18.0 Å². The molecule has 0 aromatic heterocycles. The number of nitrogens with one attached hydrogen (secondary N) is 2. The lowest BCUT2D eigenvalue weighted by molar-refractivity contribution is -0.121. The fraction of sp³-hybridized carbons (Fsp3) is 0.833. The number of hydrogen-bond donors (Lipinski definition) is 3. The Balaban J connectivity index is 2.42. The molecule has 21 heavy (non-hydrogen) atoms. The molecule has 0 aliphatic carbocycles. The number of likely N-dealkylation sites (tertiary alicyclic amines) is 1. The Morgan fingerprint density at radius 3 is 2.62 bits per heavy atom. The molecule has 1 saturated heterocycles. The van der Waals surface area contributed by atoms with Crippen LogP contribution in [0.5, 0.6) is 0 Å². The molecule has 0 radical (unpaired) electrons. The van der Waals surface area contributed by atoms with Crippen LogP contribution in [0, 0.1) is 5.92 Å². The Morgan fingerprint density at radius 2 is 2.05 bits per heavy atom. The molecule has 1 rings (SSSR count). The van der Waals surface area contributed by atoms with E-state index in [1.54, 1.807) is 13.8 Å². The Kier molecular flexibility index (Phi) is 6.56. The molecule has 0 unspecified atom stereocenters. The van der Waals surface area contributed by atoms with E-state index >= 15 is 0 Å². The van der Waals surface area contributed by atoms with Crippen LogP contribution in [0.15, 0.2) is 0 Å². The second-order valence-electron chi connectivity index (χ2n) is 5.60. The summed E-state index contributed by atoms with van der Waals surface area (Å²) in [5, 5.41) is 1.56. The zero-order valence-corrected chi connectivity index (χ0v) is 13.3. The van der Waals surface area contributed by atoms with Crippen molar-refractivity contribution in [2.24, 2.45) is 11.7 Å². The lowest BCUT2D eigenvalue weighted by Gasteiger charge is -2.32. The molecule has 4 N–H and O–H groups in total. The van der Waals surface area contributed by atoms with E-state index < -0.39 is 27.2 Å². The van der Waals surface area contributed by atoms with Gasteiger partial charge in [-0.3, -0.25) is 15.0 Å². The van der Waals surface area contributed by atoms with Crippen molar-refractivity contribution in [2.45, 2.75) is 31.9 Å². The third-order valence-corrected chi connectivity index (χ3v) is 5.24. The fourth-order valence-electron chi connectivity index (χ4n) is 2.24. The van der Waals surface area contributed by atoms with E-state index in [9.17, 15) is 18.0 Å². The maximum Gasteiger partial charge on any atom is 0.318 e. The predicted octanol–water partition coefficient (Wildman–Crippen LogP) is -0.779. The zero-order chi connectivity index (χ0) is 16.0. The summed E-state index contributed by atoms with van der Waals surface area (Å²) in [6.45, 7) is 5.09. The number of nitrogens with two attached hydrogens (primary N) is 1. The second-order valence-corrected chi connectivity index (χ2v) is 7.92. The Labute approximate surface area is 125 Å². The van der Waals surface area contributed by atoms with Gasteiger partial charge in [-0.25, -0.2) is 17.9 Å². The van der Waals surface area contributed by atoms with Crippen molar-refractivity contribution >= 4 is 22.0 Å². The minimum Gasteiger partial charge on any atom is -0.351 e. The highest BCUT2D eigenvalue weighted by atomic mass is 32.2. The molecule has 122 valence electrons. The van der Waals surface area contributed by atoms with Crippen LogP contribution >= 0.6 is 0 Å².